The zero-order valence-corrected chi connectivity index (χ0v) is 28.5. The maximum Gasteiger partial charge on any atom is 0.471 e. The van der Waals surface area contributed by atoms with Gasteiger partial charge in [-0.05, 0) is 52.8 Å². The summed E-state index contributed by atoms with van der Waals surface area (Å²) in [6.07, 6.45) is -1.95. The summed E-state index contributed by atoms with van der Waals surface area (Å²) in [5.41, 5.74) is 5.15. The highest BCUT2D eigenvalue weighted by molar-refractivity contribution is 7.99. The van der Waals surface area contributed by atoms with E-state index < -0.39 is 30.3 Å². The lowest BCUT2D eigenvalue weighted by Gasteiger charge is -2.41. The highest BCUT2D eigenvalue weighted by Crippen LogP contribution is 2.43. The molecule has 4 aromatic rings. The molecule has 3 aromatic carbocycles. The number of alkyl halides is 3. The van der Waals surface area contributed by atoms with Crippen molar-refractivity contribution in [1.82, 2.24) is 19.8 Å². The lowest BCUT2D eigenvalue weighted by Crippen LogP contribution is -2.50. The molecule has 0 unspecified atom stereocenters. The second-order valence-corrected chi connectivity index (χ2v) is 13.6. The molecule has 0 aliphatic carbocycles. The molecule has 0 spiro atoms. The molecule has 2 aliphatic rings. The third-order valence-corrected chi connectivity index (χ3v) is 10.4. The van der Waals surface area contributed by atoms with Gasteiger partial charge in [0.15, 0.2) is 11.4 Å². The number of halogens is 3. The Morgan fingerprint density at radius 3 is 2.44 bits per heavy atom. The molecular weight excluding hydrogens is 669 g/mol. The molecule has 2 aliphatic heterocycles. The largest absolute Gasteiger partial charge is 0.471 e. The molecule has 6 rings (SSSR count). The molecule has 2 fully saturated rings. The second kappa shape index (κ2) is 15.4. The topological polar surface area (TPSA) is 106 Å². The average molecular weight is 709 g/mol. The van der Waals surface area contributed by atoms with E-state index in [9.17, 15) is 27.9 Å². The van der Waals surface area contributed by atoms with E-state index in [0.717, 1.165) is 38.5 Å². The Labute approximate surface area is 292 Å². The van der Waals surface area contributed by atoms with Gasteiger partial charge in [-0.2, -0.15) is 13.2 Å². The molecule has 0 saturated carbocycles. The predicted molar refractivity (Wildman–Crippen MR) is 181 cm³/mol. The smallest absolute Gasteiger partial charge is 0.392 e. The first-order chi connectivity index (χ1) is 24.0. The SMILES string of the molecule is C[C@@H]1[C@H](CSc2nccn2C)O[C@H](c2cccc(-c3cccc(CNC(=O)[C@@H]4CCCN4C(=O)C(F)(F)F)c3)c2)O[C@@H]1c1ccc(CO)cc1. The molecule has 264 valence electrons. The van der Waals surface area contributed by atoms with Crippen molar-refractivity contribution in [3.63, 3.8) is 0 Å². The number of imidazole rings is 1. The number of carbonyl (C=O) groups excluding carboxylic acids is 2. The van der Waals surface area contributed by atoms with Gasteiger partial charge in [0.1, 0.15) is 6.04 Å². The van der Waals surface area contributed by atoms with E-state index >= 15 is 0 Å². The number of rotatable bonds is 10. The number of amides is 2. The number of benzene rings is 3. The summed E-state index contributed by atoms with van der Waals surface area (Å²) in [6, 6.07) is 22.0. The maximum absolute atomic E-state index is 13.1. The van der Waals surface area contributed by atoms with Crippen LogP contribution in [0.2, 0.25) is 0 Å². The zero-order valence-electron chi connectivity index (χ0n) is 27.7. The molecule has 2 amide bonds. The lowest BCUT2D eigenvalue weighted by molar-refractivity contribution is -0.268. The fraction of sp³-hybridized carbons (Fsp3) is 0.378. The number of aliphatic hydroxyl groups excluding tert-OH is 1. The van der Waals surface area contributed by atoms with Crippen LogP contribution in [0.3, 0.4) is 0 Å². The van der Waals surface area contributed by atoms with Crippen LogP contribution in [0.15, 0.2) is 90.3 Å². The monoisotopic (exact) mass is 708 g/mol. The van der Waals surface area contributed by atoms with E-state index in [-0.39, 0.29) is 44.2 Å². The van der Waals surface area contributed by atoms with Gasteiger partial charge in [-0.3, -0.25) is 9.59 Å². The van der Waals surface area contributed by atoms with Crippen LogP contribution < -0.4 is 5.32 Å². The third kappa shape index (κ3) is 8.07. The third-order valence-electron chi connectivity index (χ3n) is 9.22. The van der Waals surface area contributed by atoms with E-state index in [1.165, 1.54) is 0 Å². The number of nitrogens with zero attached hydrogens (tertiary/aromatic N) is 3. The number of carbonyl (C=O) groups is 2. The summed E-state index contributed by atoms with van der Waals surface area (Å²) in [7, 11) is 1.95. The van der Waals surface area contributed by atoms with Crippen molar-refractivity contribution in [3.8, 4) is 11.1 Å². The molecule has 3 heterocycles. The van der Waals surface area contributed by atoms with Gasteiger partial charge in [0, 0.05) is 49.8 Å². The van der Waals surface area contributed by atoms with Gasteiger partial charge in [0.2, 0.25) is 5.91 Å². The summed E-state index contributed by atoms with van der Waals surface area (Å²) in [5, 5.41) is 13.2. The number of aromatic nitrogens is 2. The quantitative estimate of drug-likeness (QED) is 0.186. The van der Waals surface area contributed by atoms with Crippen molar-refractivity contribution in [1.29, 1.82) is 0 Å². The van der Waals surface area contributed by atoms with Crippen LogP contribution in [0.4, 0.5) is 13.2 Å². The number of hydrogen-bond donors (Lipinski definition) is 2. The minimum Gasteiger partial charge on any atom is -0.392 e. The Morgan fingerprint density at radius 2 is 1.74 bits per heavy atom. The predicted octanol–water partition coefficient (Wildman–Crippen LogP) is 6.33. The molecule has 0 bridgehead atoms. The maximum atomic E-state index is 13.1. The molecule has 9 nitrogen and oxygen atoms in total. The van der Waals surface area contributed by atoms with E-state index in [1.54, 1.807) is 18.0 Å². The van der Waals surface area contributed by atoms with Gasteiger partial charge in [-0.15, -0.1) is 0 Å². The van der Waals surface area contributed by atoms with Gasteiger partial charge in [0.05, 0.1) is 18.8 Å². The molecule has 5 atom stereocenters. The van der Waals surface area contributed by atoms with Gasteiger partial charge < -0.3 is 29.4 Å². The Hall–Kier alpha value is -4.17. The summed E-state index contributed by atoms with van der Waals surface area (Å²) < 4.78 is 54.4. The summed E-state index contributed by atoms with van der Waals surface area (Å²) in [4.78, 5) is 29.8. The van der Waals surface area contributed by atoms with Crippen molar-refractivity contribution in [2.24, 2.45) is 13.0 Å². The van der Waals surface area contributed by atoms with Crippen LogP contribution >= 0.6 is 11.8 Å². The molecule has 50 heavy (non-hydrogen) atoms. The highest BCUT2D eigenvalue weighted by Gasteiger charge is 2.47. The minimum absolute atomic E-state index is 0.0111. The van der Waals surface area contributed by atoms with Crippen molar-refractivity contribution in [2.45, 2.75) is 68.8 Å². The van der Waals surface area contributed by atoms with Crippen molar-refractivity contribution >= 4 is 23.6 Å². The lowest BCUT2D eigenvalue weighted by atomic mass is 9.91. The van der Waals surface area contributed by atoms with Gasteiger partial charge in [0.25, 0.3) is 0 Å². The van der Waals surface area contributed by atoms with Crippen molar-refractivity contribution in [3.05, 3.63) is 107 Å². The van der Waals surface area contributed by atoms with Gasteiger partial charge >= 0.3 is 12.1 Å². The van der Waals surface area contributed by atoms with Crippen LogP contribution in [-0.4, -0.2) is 62.0 Å². The van der Waals surface area contributed by atoms with E-state index in [1.807, 2.05) is 90.6 Å². The Kier molecular flexibility index (Phi) is 11.0. The van der Waals surface area contributed by atoms with Gasteiger partial charge in [-0.1, -0.05) is 79.3 Å². The average Bonchev–Trinajstić information content (AvgIpc) is 3.79. The normalized spacial score (nSPS) is 22.4. The number of likely N-dealkylation sites (tertiary alicyclic amines) is 1. The molecule has 1 aromatic heterocycles. The summed E-state index contributed by atoms with van der Waals surface area (Å²) in [6.45, 7) is 2.06. The second-order valence-electron chi connectivity index (χ2n) is 12.7. The number of hydrogen-bond acceptors (Lipinski definition) is 7. The first kappa shape index (κ1) is 35.6. The number of thioether (sulfide) groups is 1. The van der Waals surface area contributed by atoms with Crippen molar-refractivity contribution < 1.29 is 37.3 Å². The molecule has 0 radical (unpaired) electrons. The minimum atomic E-state index is -5.02. The molecule has 2 saturated heterocycles. The van der Waals surface area contributed by atoms with Crippen LogP contribution in [0.1, 0.15) is 54.4 Å². The van der Waals surface area contributed by atoms with E-state index in [0.29, 0.717) is 17.1 Å². The van der Waals surface area contributed by atoms with E-state index in [4.69, 9.17) is 9.47 Å². The van der Waals surface area contributed by atoms with Crippen LogP contribution in [0.5, 0.6) is 0 Å². The molecule has 2 N–H and O–H groups in total. The highest BCUT2D eigenvalue weighted by atomic mass is 32.2. The van der Waals surface area contributed by atoms with E-state index in [2.05, 4.69) is 17.2 Å². The molecule has 13 heteroatoms. The fourth-order valence-corrected chi connectivity index (χ4v) is 7.53. The first-order valence-corrected chi connectivity index (χ1v) is 17.5. The number of aliphatic hydroxyl groups is 1. The van der Waals surface area contributed by atoms with Crippen LogP contribution in [0, 0.1) is 5.92 Å². The first-order valence-electron chi connectivity index (χ1n) is 16.5. The fourth-order valence-electron chi connectivity index (χ4n) is 6.44. The molecular formula is C37H39F3N4O5S. The standard InChI is InChI=1S/C37H39F3N4O5S/c1-23-31(22-50-36-41-15-17-43(36)2)48-34(49-32(23)26-13-11-24(21-45)12-14-26)29-9-4-8-28(19-29)27-7-3-6-25(18-27)20-42-33(46)30-10-5-16-44(30)35(47)37(38,39)40/h3-4,6-9,11-15,17-19,23,30-32,34,45H,5,10,16,20-22H2,1-2H3,(H,42,46)/t23-,30+,31+,32+,34+/m1/s1. The van der Waals surface area contributed by atoms with Crippen LogP contribution in [0.25, 0.3) is 11.1 Å². The zero-order chi connectivity index (χ0) is 35.4. The Balaban J connectivity index is 1.18. The van der Waals surface area contributed by atoms with Gasteiger partial charge in [-0.25, -0.2) is 4.98 Å². The Morgan fingerprint density at radius 1 is 1.00 bits per heavy atom. The van der Waals surface area contributed by atoms with Crippen LogP contribution in [-0.2, 0) is 39.3 Å². The Bertz CT molecular complexity index is 1800. The number of aryl methyl sites for hydroxylation is 1. The van der Waals surface area contributed by atoms with Crippen molar-refractivity contribution in [2.75, 3.05) is 12.3 Å². The number of nitrogens with one attached hydrogen (secondary N) is 1. The summed E-state index contributed by atoms with van der Waals surface area (Å²) in [5.74, 6) is -1.92. The summed E-state index contributed by atoms with van der Waals surface area (Å²) >= 11 is 1.62. The number of ether oxygens (including phenoxy) is 2.